The molecule has 0 aromatic heterocycles. The zero-order chi connectivity index (χ0) is 10.5. The van der Waals surface area contributed by atoms with E-state index >= 15 is 0 Å². The minimum atomic E-state index is -0.00257. The number of benzene rings is 1. The predicted octanol–water partition coefficient (Wildman–Crippen LogP) is 3.47. The SMILES string of the molecule is Cl.NC1CC2(CCC2)Oc2c(Cl)cccc21. The average molecular weight is 260 g/mol. The van der Waals surface area contributed by atoms with Crippen molar-refractivity contribution in [2.45, 2.75) is 37.3 Å². The van der Waals surface area contributed by atoms with Crippen LogP contribution < -0.4 is 10.5 Å². The summed E-state index contributed by atoms with van der Waals surface area (Å²) < 4.78 is 6.04. The summed E-state index contributed by atoms with van der Waals surface area (Å²) in [7, 11) is 0. The number of hydrogen-bond donors (Lipinski definition) is 1. The number of hydrogen-bond acceptors (Lipinski definition) is 2. The van der Waals surface area contributed by atoms with Gasteiger partial charge in [0.25, 0.3) is 0 Å². The lowest BCUT2D eigenvalue weighted by Gasteiger charge is -2.47. The Bertz CT molecular complexity index is 404. The van der Waals surface area contributed by atoms with Crippen LogP contribution in [0.2, 0.25) is 5.02 Å². The van der Waals surface area contributed by atoms with E-state index in [1.54, 1.807) is 0 Å². The van der Waals surface area contributed by atoms with Crippen molar-refractivity contribution in [3.8, 4) is 5.75 Å². The van der Waals surface area contributed by atoms with Crippen molar-refractivity contribution in [3.05, 3.63) is 28.8 Å². The van der Waals surface area contributed by atoms with Crippen molar-refractivity contribution in [2.75, 3.05) is 0 Å². The molecule has 2 nitrogen and oxygen atoms in total. The summed E-state index contributed by atoms with van der Waals surface area (Å²) in [5, 5.41) is 0.689. The Morgan fingerprint density at radius 2 is 2.12 bits per heavy atom. The summed E-state index contributed by atoms with van der Waals surface area (Å²) in [5.41, 5.74) is 7.21. The second-order valence-electron chi connectivity index (χ2n) is 4.61. The highest BCUT2D eigenvalue weighted by molar-refractivity contribution is 6.32. The molecular weight excluding hydrogens is 245 g/mol. The largest absolute Gasteiger partial charge is 0.485 e. The second kappa shape index (κ2) is 4.10. The molecule has 1 fully saturated rings. The van der Waals surface area contributed by atoms with Gasteiger partial charge in [-0.15, -0.1) is 12.4 Å². The molecule has 1 heterocycles. The lowest BCUT2D eigenvalue weighted by Crippen LogP contribution is -2.48. The first-order chi connectivity index (χ1) is 7.20. The highest BCUT2D eigenvalue weighted by Crippen LogP contribution is 2.49. The van der Waals surface area contributed by atoms with Crippen LogP contribution >= 0.6 is 24.0 Å². The van der Waals surface area contributed by atoms with Crippen LogP contribution in [0.25, 0.3) is 0 Å². The molecule has 0 radical (unpaired) electrons. The molecule has 0 amide bonds. The van der Waals surface area contributed by atoms with Crippen molar-refractivity contribution in [1.82, 2.24) is 0 Å². The van der Waals surface area contributed by atoms with Crippen LogP contribution in [0.3, 0.4) is 0 Å². The lowest BCUT2D eigenvalue weighted by molar-refractivity contribution is -0.0328. The molecule has 0 bridgehead atoms. The topological polar surface area (TPSA) is 35.2 Å². The third kappa shape index (κ3) is 1.69. The molecule has 4 heteroatoms. The third-order valence-electron chi connectivity index (χ3n) is 3.57. The van der Waals surface area contributed by atoms with Crippen LogP contribution in [0, 0.1) is 0 Å². The predicted molar refractivity (Wildman–Crippen MR) is 67.5 cm³/mol. The molecule has 88 valence electrons. The van der Waals surface area contributed by atoms with E-state index in [9.17, 15) is 0 Å². The monoisotopic (exact) mass is 259 g/mol. The van der Waals surface area contributed by atoms with Crippen molar-refractivity contribution < 1.29 is 4.74 Å². The molecule has 1 atom stereocenters. The van der Waals surface area contributed by atoms with Gasteiger partial charge in [-0.05, 0) is 25.3 Å². The van der Waals surface area contributed by atoms with Gasteiger partial charge in [-0.1, -0.05) is 23.7 Å². The number of ether oxygens (including phenoxy) is 1. The maximum atomic E-state index is 6.16. The van der Waals surface area contributed by atoms with E-state index in [1.807, 2.05) is 18.2 Å². The number of fused-ring (bicyclic) bond motifs is 1. The van der Waals surface area contributed by atoms with Crippen LogP contribution in [0.5, 0.6) is 5.75 Å². The first-order valence-electron chi connectivity index (χ1n) is 5.43. The van der Waals surface area contributed by atoms with E-state index in [2.05, 4.69) is 0 Å². The summed E-state index contributed by atoms with van der Waals surface area (Å²) >= 11 is 6.14. The van der Waals surface area contributed by atoms with E-state index in [4.69, 9.17) is 22.1 Å². The minimum absolute atomic E-state index is 0. The van der Waals surface area contributed by atoms with Crippen LogP contribution in [0.4, 0.5) is 0 Å². The van der Waals surface area contributed by atoms with Gasteiger partial charge in [0.2, 0.25) is 0 Å². The zero-order valence-corrected chi connectivity index (χ0v) is 10.5. The molecule has 1 aromatic rings. The lowest BCUT2D eigenvalue weighted by atomic mass is 9.73. The van der Waals surface area contributed by atoms with Gasteiger partial charge in [-0.25, -0.2) is 0 Å². The maximum absolute atomic E-state index is 6.16. The van der Waals surface area contributed by atoms with Gasteiger partial charge in [0.1, 0.15) is 11.4 Å². The number of rotatable bonds is 0. The summed E-state index contributed by atoms with van der Waals surface area (Å²) in [4.78, 5) is 0. The molecule has 16 heavy (non-hydrogen) atoms. The van der Waals surface area contributed by atoms with E-state index in [-0.39, 0.29) is 24.0 Å². The first kappa shape index (κ1) is 12.0. The number of halogens is 2. The Morgan fingerprint density at radius 3 is 2.75 bits per heavy atom. The fourth-order valence-electron chi connectivity index (χ4n) is 2.57. The van der Waals surface area contributed by atoms with E-state index in [0.29, 0.717) is 5.02 Å². The van der Waals surface area contributed by atoms with Crippen LogP contribution in [-0.2, 0) is 0 Å². The minimum Gasteiger partial charge on any atom is -0.485 e. The van der Waals surface area contributed by atoms with Gasteiger partial charge >= 0.3 is 0 Å². The Balaban J connectivity index is 0.000000963. The van der Waals surface area contributed by atoms with E-state index < -0.39 is 0 Å². The quantitative estimate of drug-likeness (QED) is 0.775. The smallest absolute Gasteiger partial charge is 0.143 e. The fraction of sp³-hybridized carbons (Fsp3) is 0.500. The summed E-state index contributed by atoms with van der Waals surface area (Å²) in [5.74, 6) is 0.817. The molecule has 2 aliphatic rings. The second-order valence-corrected chi connectivity index (χ2v) is 5.01. The third-order valence-corrected chi connectivity index (χ3v) is 3.87. The van der Waals surface area contributed by atoms with Gasteiger partial charge in [-0.3, -0.25) is 0 Å². The number of para-hydroxylation sites is 1. The Hall–Kier alpha value is -0.440. The summed E-state index contributed by atoms with van der Waals surface area (Å²) in [6, 6.07) is 5.89. The standard InChI is InChI=1S/C12H14ClNO.ClH/c13-9-4-1-3-8-10(14)7-12(5-2-6-12)15-11(8)9;/h1,3-4,10H,2,5-7,14H2;1H. The summed E-state index contributed by atoms with van der Waals surface area (Å²) in [6.07, 6.45) is 4.41. The molecule has 0 saturated heterocycles. The molecule has 1 aliphatic heterocycles. The molecule has 1 spiro atoms. The molecule has 1 aromatic carbocycles. The van der Waals surface area contributed by atoms with Gasteiger partial charge in [0.15, 0.2) is 0 Å². The van der Waals surface area contributed by atoms with Gasteiger partial charge < -0.3 is 10.5 Å². The first-order valence-corrected chi connectivity index (χ1v) is 5.81. The Morgan fingerprint density at radius 1 is 1.38 bits per heavy atom. The van der Waals surface area contributed by atoms with Crippen molar-refractivity contribution in [1.29, 1.82) is 0 Å². The molecule has 2 N–H and O–H groups in total. The van der Waals surface area contributed by atoms with Crippen molar-refractivity contribution in [2.24, 2.45) is 5.73 Å². The zero-order valence-electron chi connectivity index (χ0n) is 8.91. The Labute approximate surface area is 107 Å². The van der Waals surface area contributed by atoms with Crippen LogP contribution in [-0.4, -0.2) is 5.60 Å². The van der Waals surface area contributed by atoms with Crippen LogP contribution in [0.1, 0.15) is 37.3 Å². The molecular formula is C12H15Cl2NO. The van der Waals surface area contributed by atoms with Gasteiger partial charge in [0, 0.05) is 18.0 Å². The molecule has 1 unspecified atom stereocenters. The van der Waals surface area contributed by atoms with Crippen molar-refractivity contribution in [3.63, 3.8) is 0 Å². The summed E-state index contributed by atoms with van der Waals surface area (Å²) in [6.45, 7) is 0. The molecule has 1 aliphatic carbocycles. The fourth-order valence-corrected chi connectivity index (χ4v) is 2.79. The van der Waals surface area contributed by atoms with Gasteiger partial charge in [0.05, 0.1) is 5.02 Å². The Kier molecular flexibility index (Phi) is 3.08. The van der Waals surface area contributed by atoms with E-state index in [0.717, 1.165) is 30.6 Å². The highest BCUT2D eigenvalue weighted by atomic mass is 35.5. The number of nitrogens with two attached hydrogens (primary N) is 1. The van der Waals surface area contributed by atoms with E-state index in [1.165, 1.54) is 6.42 Å². The van der Waals surface area contributed by atoms with Gasteiger partial charge in [-0.2, -0.15) is 0 Å². The maximum Gasteiger partial charge on any atom is 0.143 e. The average Bonchev–Trinajstić information content (AvgIpc) is 2.17. The molecule has 3 rings (SSSR count). The highest BCUT2D eigenvalue weighted by Gasteiger charge is 2.45. The van der Waals surface area contributed by atoms with Crippen LogP contribution in [0.15, 0.2) is 18.2 Å². The molecule has 1 saturated carbocycles. The normalized spacial score (nSPS) is 25.0. The van der Waals surface area contributed by atoms with Crippen molar-refractivity contribution >= 4 is 24.0 Å².